The molecule has 8 nitrogen and oxygen atoms in total. The number of pyridine rings is 1. The van der Waals surface area contributed by atoms with E-state index in [9.17, 15) is 4.79 Å². The number of rotatable bonds is 7. The Balaban J connectivity index is 1.48. The molecule has 0 atom stereocenters. The van der Waals surface area contributed by atoms with E-state index in [0.29, 0.717) is 45.8 Å². The first-order chi connectivity index (χ1) is 16.0. The lowest BCUT2D eigenvalue weighted by Gasteiger charge is -2.13. The monoisotopic (exact) mass is 461 g/mol. The van der Waals surface area contributed by atoms with Gasteiger partial charge in [0.1, 0.15) is 5.49 Å². The first-order valence-electron chi connectivity index (χ1n) is 10.2. The van der Waals surface area contributed by atoms with Crippen molar-refractivity contribution in [2.75, 3.05) is 20.8 Å². The Hall–Kier alpha value is -3.98. The van der Waals surface area contributed by atoms with Crippen LogP contribution >= 0.6 is 12.2 Å². The van der Waals surface area contributed by atoms with E-state index >= 15 is 0 Å². The number of hydrogen-bond acceptors (Lipinski definition) is 6. The lowest BCUT2D eigenvalue weighted by molar-refractivity contribution is 0.0951. The van der Waals surface area contributed by atoms with Gasteiger partial charge in [-0.1, -0.05) is 30.3 Å². The SMILES string of the molecule is COc1cc2[nH]c(=S)n(CCNC(=O)c3ccc(-c4ccccc4)nc3)c(=N)c2cc1OC. The van der Waals surface area contributed by atoms with Crippen LogP contribution < -0.4 is 20.3 Å². The van der Waals surface area contributed by atoms with Crippen molar-refractivity contribution >= 4 is 29.0 Å². The summed E-state index contributed by atoms with van der Waals surface area (Å²) in [5.41, 5.74) is 3.15. The van der Waals surface area contributed by atoms with Gasteiger partial charge in [-0.05, 0) is 30.4 Å². The second-order valence-corrected chi connectivity index (χ2v) is 7.62. The highest BCUT2D eigenvalue weighted by Gasteiger charge is 2.11. The highest BCUT2D eigenvalue weighted by Crippen LogP contribution is 2.29. The van der Waals surface area contributed by atoms with Crippen molar-refractivity contribution in [3.8, 4) is 22.8 Å². The van der Waals surface area contributed by atoms with Crippen LogP contribution in [0.5, 0.6) is 11.5 Å². The van der Waals surface area contributed by atoms with Crippen LogP contribution in [-0.4, -0.2) is 41.2 Å². The number of amides is 1. The lowest BCUT2D eigenvalue weighted by atomic mass is 10.1. The zero-order valence-electron chi connectivity index (χ0n) is 18.2. The van der Waals surface area contributed by atoms with Gasteiger partial charge in [-0.25, -0.2) is 0 Å². The van der Waals surface area contributed by atoms with Gasteiger partial charge < -0.3 is 24.3 Å². The zero-order chi connectivity index (χ0) is 23.4. The minimum atomic E-state index is -0.240. The molecular formula is C24H23N5O3S. The Labute approximate surface area is 195 Å². The summed E-state index contributed by atoms with van der Waals surface area (Å²) in [6.45, 7) is 0.631. The summed E-state index contributed by atoms with van der Waals surface area (Å²) < 4.78 is 12.7. The van der Waals surface area contributed by atoms with Crippen molar-refractivity contribution in [3.05, 3.63) is 76.6 Å². The van der Waals surface area contributed by atoms with Crippen molar-refractivity contribution in [1.82, 2.24) is 19.9 Å². The molecule has 0 spiro atoms. The molecule has 0 saturated heterocycles. The highest BCUT2D eigenvalue weighted by molar-refractivity contribution is 7.71. The maximum Gasteiger partial charge on any atom is 0.252 e. The van der Waals surface area contributed by atoms with E-state index in [4.69, 9.17) is 27.1 Å². The van der Waals surface area contributed by atoms with Gasteiger partial charge in [0.05, 0.1) is 31.0 Å². The molecule has 2 aromatic heterocycles. The molecule has 3 N–H and O–H groups in total. The fourth-order valence-corrected chi connectivity index (χ4v) is 3.80. The molecule has 0 aliphatic heterocycles. The smallest absolute Gasteiger partial charge is 0.252 e. The molecule has 33 heavy (non-hydrogen) atoms. The van der Waals surface area contributed by atoms with Crippen LogP contribution in [0.1, 0.15) is 10.4 Å². The number of aromatic amines is 1. The molecule has 2 aromatic carbocycles. The Morgan fingerprint density at radius 3 is 2.52 bits per heavy atom. The van der Waals surface area contributed by atoms with Crippen LogP contribution in [0.15, 0.2) is 60.8 Å². The minimum absolute atomic E-state index is 0.220. The maximum absolute atomic E-state index is 12.5. The van der Waals surface area contributed by atoms with Gasteiger partial charge in [0, 0.05) is 36.3 Å². The average Bonchev–Trinajstić information content (AvgIpc) is 2.85. The normalized spacial score (nSPS) is 10.7. The second-order valence-electron chi connectivity index (χ2n) is 7.24. The number of ether oxygens (including phenoxy) is 2. The molecular weight excluding hydrogens is 438 g/mol. The number of H-pyrrole nitrogens is 1. The van der Waals surface area contributed by atoms with Crippen molar-refractivity contribution in [3.63, 3.8) is 0 Å². The number of nitrogens with one attached hydrogen (secondary N) is 3. The van der Waals surface area contributed by atoms with Gasteiger partial charge in [-0.2, -0.15) is 0 Å². The zero-order valence-corrected chi connectivity index (χ0v) is 19.0. The predicted octanol–water partition coefficient (Wildman–Crippen LogP) is 3.69. The molecule has 4 rings (SSSR count). The molecule has 9 heteroatoms. The highest BCUT2D eigenvalue weighted by atomic mass is 32.1. The summed E-state index contributed by atoms with van der Waals surface area (Å²) in [6.07, 6.45) is 1.56. The fourth-order valence-electron chi connectivity index (χ4n) is 3.51. The number of aromatic nitrogens is 3. The van der Waals surface area contributed by atoms with Crippen LogP contribution in [0, 0.1) is 10.2 Å². The fraction of sp³-hybridized carbons (Fsp3) is 0.167. The van der Waals surface area contributed by atoms with Crippen molar-refractivity contribution in [1.29, 1.82) is 5.41 Å². The Bertz CT molecular complexity index is 1410. The van der Waals surface area contributed by atoms with E-state index in [2.05, 4.69) is 15.3 Å². The van der Waals surface area contributed by atoms with Crippen LogP contribution in [0.3, 0.4) is 0 Å². The number of benzene rings is 2. The second kappa shape index (κ2) is 9.66. The quantitative estimate of drug-likeness (QED) is 0.364. The first-order valence-corrected chi connectivity index (χ1v) is 10.7. The first kappa shape index (κ1) is 22.2. The molecule has 0 fully saturated rings. The molecule has 1 amide bonds. The van der Waals surface area contributed by atoms with Crippen LogP contribution in [-0.2, 0) is 6.54 Å². The summed E-state index contributed by atoms with van der Waals surface area (Å²) >= 11 is 5.43. The van der Waals surface area contributed by atoms with Crippen LogP contribution in [0.2, 0.25) is 0 Å². The van der Waals surface area contributed by atoms with Gasteiger partial charge >= 0.3 is 0 Å². The summed E-state index contributed by atoms with van der Waals surface area (Å²) in [5, 5.41) is 12.1. The summed E-state index contributed by atoms with van der Waals surface area (Å²) in [4.78, 5) is 20.1. The van der Waals surface area contributed by atoms with Gasteiger partial charge in [-0.3, -0.25) is 15.2 Å². The average molecular weight is 462 g/mol. The number of fused-ring (bicyclic) bond motifs is 1. The number of nitrogens with zero attached hydrogens (tertiary/aromatic N) is 2. The summed E-state index contributed by atoms with van der Waals surface area (Å²) in [7, 11) is 3.10. The third kappa shape index (κ3) is 4.63. The van der Waals surface area contributed by atoms with E-state index < -0.39 is 0 Å². The Kier molecular flexibility index (Phi) is 6.50. The molecule has 0 aliphatic carbocycles. The van der Waals surface area contributed by atoms with Crippen LogP contribution in [0.25, 0.3) is 22.2 Å². The third-order valence-corrected chi connectivity index (χ3v) is 5.57. The van der Waals surface area contributed by atoms with Gasteiger partial charge in [0.25, 0.3) is 5.91 Å². The molecule has 0 saturated carbocycles. The van der Waals surface area contributed by atoms with Gasteiger partial charge in [0.15, 0.2) is 16.3 Å². The molecule has 0 radical (unpaired) electrons. The topological polar surface area (TPSA) is 105 Å². The third-order valence-electron chi connectivity index (χ3n) is 5.25. The maximum atomic E-state index is 12.5. The number of carbonyl (C=O) groups is 1. The summed E-state index contributed by atoms with van der Waals surface area (Å²) in [6, 6.07) is 16.8. The van der Waals surface area contributed by atoms with Crippen molar-refractivity contribution < 1.29 is 14.3 Å². The van der Waals surface area contributed by atoms with E-state index in [1.807, 2.05) is 36.4 Å². The molecule has 0 aliphatic rings. The van der Waals surface area contributed by atoms with E-state index in [0.717, 1.165) is 11.3 Å². The van der Waals surface area contributed by atoms with E-state index in [1.54, 1.807) is 43.2 Å². The Morgan fingerprint density at radius 1 is 1.12 bits per heavy atom. The van der Waals surface area contributed by atoms with E-state index in [1.165, 1.54) is 0 Å². The molecule has 168 valence electrons. The predicted molar refractivity (Wildman–Crippen MR) is 128 cm³/mol. The van der Waals surface area contributed by atoms with E-state index in [-0.39, 0.29) is 11.4 Å². The summed E-state index contributed by atoms with van der Waals surface area (Å²) in [5.74, 6) is 0.832. The Morgan fingerprint density at radius 2 is 1.85 bits per heavy atom. The number of hydrogen-bond donors (Lipinski definition) is 3. The number of methoxy groups -OCH3 is 2. The lowest BCUT2D eigenvalue weighted by Crippen LogP contribution is -2.31. The molecule has 0 bridgehead atoms. The van der Waals surface area contributed by atoms with Crippen molar-refractivity contribution in [2.45, 2.75) is 6.54 Å². The molecule has 4 aromatic rings. The standard InChI is InChI=1S/C24H23N5O3S/c1-31-20-12-17-19(13-21(20)32-2)28-24(33)29(22(17)25)11-10-26-23(30)16-8-9-18(27-14-16)15-6-4-3-5-7-15/h3-9,12-14,25H,10-11H2,1-2H3,(H,26,30)(H,28,33). The van der Waals surface area contributed by atoms with Crippen molar-refractivity contribution in [2.24, 2.45) is 0 Å². The van der Waals surface area contributed by atoms with Gasteiger partial charge in [-0.15, -0.1) is 0 Å². The molecule has 2 heterocycles. The largest absolute Gasteiger partial charge is 0.493 e. The van der Waals surface area contributed by atoms with Crippen LogP contribution in [0.4, 0.5) is 0 Å². The van der Waals surface area contributed by atoms with Gasteiger partial charge in [0.2, 0.25) is 0 Å². The minimum Gasteiger partial charge on any atom is -0.493 e. The molecule has 0 unspecified atom stereocenters. The number of carbonyl (C=O) groups excluding carboxylic acids is 1.